The number of nitrogens with one attached hydrogen (secondary N) is 1. The van der Waals surface area contributed by atoms with Crippen LogP contribution in [0.15, 0.2) is 54.7 Å². The Bertz CT molecular complexity index is 997. The van der Waals surface area contributed by atoms with Gasteiger partial charge in [-0.3, -0.25) is 4.79 Å². The fourth-order valence-corrected chi connectivity index (χ4v) is 2.99. The van der Waals surface area contributed by atoms with Crippen molar-refractivity contribution in [1.29, 1.82) is 0 Å². The fraction of sp³-hybridized carbons (Fsp3) is 0.200. The summed E-state index contributed by atoms with van der Waals surface area (Å²) < 4.78 is 41.8. The van der Waals surface area contributed by atoms with E-state index in [-0.39, 0.29) is 10.7 Å². The summed E-state index contributed by atoms with van der Waals surface area (Å²) in [6.07, 6.45) is -3.86. The van der Waals surface area contributed by atoms with E-state index in [1.807, 2.05) is 31.2 Å². The maximum atomic E-state index is 13.7. The van der Waals surface area contributed by atoms with Crippen LogP contribution in [0.1, 0.15) is 40.1 Å². The highest BCUT2D eigenvalue weighted by molar-refractivity contribution is 6.30. The van der Waals surface area contributed by atoms with Crippen LogP contribution < -0.4 is 5.32 Å². The molecule has 1 unspecified atom stereocenters. The van der Waals surface area contributed by atoms with Crippen LogP contribution in [-0.2, 0) is 6.18 Å². The van der Waals surface area contributed by atoms with Crippen LogP contribution in [0.25, 0.3) is 5.69 Å². The molecule has 0 aliphatic carbocycles. The summed E-state index contributed by atoms with van der Waals surface area (Å²) in [5.41, 5.74) is 0.249. The first-order valence-corrected chi connectivity index (χ1v) is 8.83. The first kappa shape index (κ1) is 19.9. The van der Waals surface area contributed by atoms with Crippen LogP contribution in [0, 0.1) is 6.92 Å². The van der Waals surface area contributed by atoms with Crippen LogP contribution in [-0.4, -0.2) is 15.7 Å². The Hall–Kier alpha value is -2.80. The number of halogens is 4. The predicted molar refractivity (Wildman–Crippen MR) is 101 cm³/mol. The number of amides is 1. The number of rotatable bonds is 4. The van der Waals surface area contributed by atoms with Gasteiger partial charge >= 0.3 is 6.18 Å². The molecule has 1 aromatic heterocycles. The molecular weight excluding hydrogens is 391 g/mol. The molecule has 0 saturated carbocycles. The molecule has 0 radical (unpaired) electrons. The third-order valence-corrected chi connectivity index (χ3v) is 4.50. The Morgan fingerprint density at radius 2 is 1.86 bits per heavy atom. The van der Waals surface area contributed by atoms with Gasteiger partial charge in [-0.25, -0.2) is 4.68 Å². The summed E-state index contributed by atoms with van der Waals surface area (Å²) in [7, 11) is 0. The van der Waals surface area contributed by atoms with Crippen molar-refractivity contribution >= 4 is 17.5 Å². The molecule has 0 saturated heterocycles. The second-order valence-corrected chi connectivity index (χ2v) is 6.84. The van der Waals surface area contributed by atoms with Crippen molar-refractivity contribution in [2.75, 3.05) is 0 Å². The molecule has 8 heteroatoms. The molecule has 0 aliphatic heterocycles. The van der Waals surface area contributed by atoms with E-state index < -0.39 is 29.4 Å². The third kappa shape index (κ3) is 4.20. The number of carbonyl (C=O) groups is 1. The molecule has 1 amide bonds. The number of carbonyl (C=O) groups excluding carboxylic acids is 1. The fourth-order valence-electron chi connectivity index (χ4n) is 2.80. The van der Waals surface area contributed by atoms with Crippen molar-refractivity contribution in [3.05, 3.63) is 82.1 Å². The summed E-state index contributed by atoms with van der Waals surface area (Å²) >= 11 is 5.88. The van der Waals surface area contributed by atoms with Gasteiger partial charge in [0.1, 0.15) is 0 Å². The lowest BCUT2D eigenvalue weighted by molar-refractivity contribution is -0.143. The van der Waals surface area contributed by atoms with E-state index in [2.05, 4.69) is 10.4 Å². The van der Waals surface area contributed by atoms with Gasteiger partial charge in [0, 0.05) is 5.02 Å². The number of benzene rings is 2. The minimum absolute atomic E-state index is 0.116. The number of aromatic nitrogens is 2. The lowest BCUT2D eigenvalue weighted by Gasteiger charge is -2.16. The average Bonchev–Trinajstić information content (AvgIpc) is 3.08. The molecule has 0 aliphatic rings. The number of aryl methyl sites for hydroxylation is 1. The third-order valence-electron chi connectivity index (χ3n) is 4.26. The summed E-state index contributed by atoms with van der Waals surface area (Å²) in [4.78, 5) is 12.6. The highest BCUT2D eigenvalue weighted by Crippen LogP contribution is 2.34. The van der Waals surface area contributed by atoms with E-state index in [1.54, 1.807) is 13.0 Å². The molecule has 1 N–H and O–H groups in total. The van der Waals surface area contributed by atoms with E-state index in [4.69, 9.17) is 11.6 Å². The van der Waals surface area contributed by atoms with Crippen molar-refractivity contribution < 1.29 is 18.0 Å². The zero-order valence-electron chi connectivity index (χ0n) is 15.1. The van der Waals surface area contributed by atoms with Gasteiger partial charge in [0.2, 0.25) is 0 Å². The highest BCUT2D eigenvalue weighted by Gasteiger charge is 2.40. The molecule has 0 fully saturated rings. The number of hydrogen-bond donors (Lipinski definition) is 1. The minimum Gasteiger partial charge on any atom is -0.345 e. The van der Waals surface area contributed by atoms with Gasteiger partial charge in [-0.15, -0.1) is 0 Å². The molecule has 0 bridgehead atoms. The lowest BCUT2D eigenvalue weighted by atomic mass is 10.1. The number of hydrogen-bond acceptors (Lipinski definition) is 2. The van der Waals surface area contributed by atoms with E-state index in [0.29, 0.717) is 4.68 Å². The smallest absolute Gasteiger partial charge is 0.345 e. The van der Waals surface area contributed by atoms with Crippen molar-refractivity contribution in [1.82, 2.24) is 15.1 Å². The van der Waals surface area contributed by atoms with Crippen LogP contribution >= 0.6 is 11.6 Å². The molecule has 0 spiro atoms. The Morgan fingerprint density at radius 1 is 1.18 bits per heavy atom. The first-order chi connectivity index (χ1) is 13.2. The van der Waals surface area contributed by atoms with Gasteiger partial charge < -0.3 is 5.32 Å². The lowest BCUT2D eigenvalue weighted by Crippen LogP contribution is -2.29. The van der Waals surface area contributed by atoms with Crippen molar-refractivity contribution in [2.24, 2.45) is 0 Å². The normalized spacial score (nSPS) is 12.6. The molecular formula is C20H17ClF3N3O. The monoisotopic (exact) mass is 407 g/mol. The maximum absolute atomic E-state index is 13.7. The summed E-state index contributed by atoms with van der Waals surface area (Å²) in [6.45, 7) is 3.63. The van der Waals surface area contributed by atoms with Gasteiger partial charge in [0.25, 0.3) is 5.91 Å². The van der Waals surface area contributed by atoms with Crippen LogP contribution in [0.2, 0.25) is 5.02 Å². The van der Waals surface area contributed by atoms with Crippen molar-refractivity contribution in [3.8, 4) is 5.69 Å². The van der Waals surface area contributed by atoms with Gasteiger partial charge in [0.15, 0.2) is 5.69 Å². The predicted octanol–water partition coefficient (Wildman–Crippen LogP) is 5.34. The Morgan fingerprint density at radius 3 is 2.46 bits per heavy atom. The largest absolute Gasteiger partial charge is 0.434 e. The second kappa shape index (κ2) is 7.67. The summed E-state index contributed by atoms with van der Waals surface area (Å²) in [5.74, 6) is -0.853. The van der Waals surface area contributed by atoms with Crippen LogP contribution in [0.3, 0.4) is 0 Å². The van der Waals surface area contributed by atoms with Crippen LogP contribution in [0.4, 0.5) is 13.2 Å². The molecule has 1 heterocycles. The van der Waals surface area contributed by atoms with Crippen LogP contribution in [0.5, 0.6) is 0 Å². The quantitative estimate of drug-likeness (QED) is 0.634. The SMILES string of the molecule is Cc1ccc(C(C)NC(=O)c2cnn(-c3cccc(Cl)c3)c2C(F)(F)F)cc1. The van der Waals surface area contributed by atoms with Crippen molar-refractivity contribution in [3.63, 3.8) is 0 Å². The molecule has 2 aromatic carbocycles. The van der Waals surface area contributed by atoms with Gasteiger partial charge in [0.05, 0.1) is 23.5 Å². The molecule has 1 atom stereocenters. The molecule has 146 valence electrons. The highest BCUT2D eigenvalue weighted by atomic mass is 35.5. The van der Waals surface area contributed by atoms with E-state index in [0.717, 1.165) is 17.3 Å². The Labute approximate surface area is 164 Å². The topological polar surface area (TPSA) is 46.9 Å². The maximum Gasteiger partial charge on any atom is 0.434 e. The Balaban J connectivity index is 1.95. The van der Waals surface area contributed by atoms with E-state index >= 15 is 0 Å². The number of nitrogens with zero attached hydrogens (tertiary/aromatic N) is 2. The van der Waals surface area contributed by atoms with Crippen molar-refractivity contribution in [2.45, 2.75) is 26.1 Å². The first-order valence-electron chi connectivity index (χ1n) is 8.45. The van der Waals surface area contributed by atoms with Gasteiger partial charge in [-0.1, -0.05) is 47.5 Å². The minimum atomic E-state index is -4.78. The molecule has 4 nitrogen and oxygen atoms in total. The zero-order valence-corrected chi connectivity index (χ0v) is 15.8. The average molecular weight is 408 g/mol. The van der Waals surface area contributed by atoms with E-state index in [1.165, 1.54) is 18.2 Å². The second-order valence-electron chi connectivity index (χ2n) is 6.40. The van der Waals surface area contributed by atoms with E-state index in [9.17, 15) is 18.0 Å². The summed E-state index contributed by atoms with van der Waals surface area (Å²) in [6, 6.07) is 12.7. The van der Waals surface area contributed by atoms with Gasteiger partial charge in [-0.05, 0) is 37.6 Å². The van der Waals surface area contributed by atoms with Gasteiger partial charge in [-0.2, -0.15) is 18.3 Å². The molecule has 28 heavy (non-hydrogen) atoms. The molecule has 3 aromatic rings. The number of alkyl halides is 3. The Kier molecular flexibility index (Phi) is 5.47. The summed E-state index contributed by atoms with van der Waals surface area (Å²) in [5, 5.41) is 6.65. The molecule has 3 rings (SSSR count). The zero-order chi connectivity index (χ0) is 20.5. The standard InChI is InChI=1S/C20H17ClF3N3O/c1-12-6-8-14(9-7-12)13(2)26-19(28)17-11-25-27(18(17)20(22,23)24)16-5-3-4-15(21)10-16/h3-11,13H,1-2H3,(H,26,28).